The molecule has 0 saturated carbocycles. The zero-order valence-corrected chi connectivity index (χ0v) is 20.6. The molecule has 0 amide bonds. The summed E-state index contributed by atoms with van der Waals surface area (Å²) in [4.78, 5) is 3.62. The molecule has 0 radical (unpaired) electrons. The molecular weight excluding hydrogens is 468 g/mol. The molecule has 172 valence electrons. The van der Waals surface area contributed by atoms with Crippen LogP contribution in [0.1, 0.15) is 0 Å². The van der Waals surface area contributed by atoms with E-state index in [1.807, 2.05) is 11.3 Å². The van der Waals surface area contributed by atoms with E-state index in [0.29, 0.717) is 0 Å². The maximum atomic E-state index is 3.62. The molecular formula is C34H20N2S. The van der Waals surface area contributed by atoms with Gasteiger partial charge in [-0.1, -0.05) is 66.7 Å². The third kappa shape index (κ3) is 2.59. The molecule has 0 bridgehead atoms. The predicted octanol–water partition coefficient (Wildman–Crippen LogP) is 9.94. The first-order valence-corrected chi connectivity index (χ1v) is 13.4. The van der Waals surface area contributed by atoms with Crippen molar-refractivity contribution < 1.29 is 0 Å². The van der Waals surface area contributed by atoms with Crippen LogP contribution in [-0.4, -0.2) is 9.55 Å². The Kier molecular flexibility index (Phi) is 3.70. The van der Waals surface area contributed by atoms with Gasteiger partial charge in [0.2, 0.25) is 0 Å². The van der Waals surface area contributed by atoms with Gasteiger partial charge >= 0.3 is 0 Å². The molecule has 3 heterocycles. The van der Waals surface area contributed by atoms with Crippen LogP contribution in [0.3, 0.4) is 0 Å². The van der Waals surface area contributed by atoms with Crippen molar-refractivity contribution in [3.05, 3.63) is 115 Å². The fourth-order valence-corrected chi connectivity index (χ4v) is 7.50. The summed E-state index contributed by atoms with van der Waals surface area (Å²) in [7, 11) is 0. The third-order valence-corrected chi connectivity index (χ3v) is 9.06. The van der Waals surface area contributed by atoms with Gasteiger partial charge in [0.05, 0.1) is 11.0 Å². The number of fused-ring (bicyclic) bond motifs is 11. The van der Waals surface area contributed by atoms with Gasteiger partial charge < -0.3 is 9.55 Å². The highest BCUT2D eigenvalue weighted by Crippen LogP contribution is 2.44. The third-order valence-electron chi connectivity index (χ3n) is 7.87. The number of nitrogens with zero attached hydrogens (tertiary/aromatic N) is 1. The predicted molar refractivity (Wildman–Crippen MR) is 161 cm³/mol. The number of benzene rings is 6. The van der Waals surface area contributed by atoms with Crippen LogP contribution in [0.2, 0.25) is 0 Å². The fourth-order valence-electron chi connectivity index (χ4n) is 6.22. The van der Waals surface area contributed by atoms with Crippen molar-refractivity contribution >= 4 is 85.9 Å². The van der Waals surface area contributed by atoms with Gasteiger partial charge in [-0.25, -0.2) is 0 Å². The highest BCUT2D eigenvalue weighted by atomic mass is 32.1. The Balaban J connectivity index is 1.48. The molecule has 37 heavy (non-hydrogen) atoms. The minimum atomic E-state index is 1.19. The van der Waals surface area contributed by atoms with Crippen LogP contribution in [0.25, 0.3) is 80.2 Å². The Bertz CT molecular complexity index is 2350. The van der Waals surface area contributed by atoms with Gasteiger partial charge in [-0.2, -0.15) is 0 Å². The largest absolute Gasteiger partial charge is 0.354 e. The number of rotatable bonds is 1. The van der Waals surface area contributed by atoms with Crippen molar-refractivity contribution in [3.8, 4) is 5.69 Å². The monoisotopic (exact) mass is 488 g/mol. The van der Waals surface area contributed by atoms with Gasteiger partial charge in [0.1, 0.15) is 0 Å². The van der Waals surface area contributed by atoms with Crippen molar-refractivity contribution in [1.29, 1.82) is 0 Å². The first kappa shape index (κ1) is 19.6. The summed E-state index contributed by atoms with van der Waals surface area (Å²) < 4.78 is 5.12. The Morgan fingerprint density at radius 1 is 0.514 bits per heavy atom. The van der Waals surface area contributed by atoms with Crippen molar-refractivity contribution in [1.82, 2.24) is 9.55 Å². The molecule has 0 aliphatic heterocycles. The molecule has 1 N–H and O–H groups in total. The first-order valence-electron chi connectivity index (χ1n) is 12.6. The van der Waals surface area contributed by atoms with Gasteiger partial charge in [-0.15, -0.1) is 11.3 Å². The lowest BCUT2D eigenvalue weighted by Gasteiger charge is -2.08. The summed E-state index contributed by atoms with van der Waals surface area (Å²) in [5.41, 5.74) is 6.10. The minimum absolute atomic E-state index is 1.19. The average Bonchev–Trinajstić information content (AvgIpc) is 3.59. The van der Waals surface area contributed by atoms with E-state index in [1.54, 1.807) is 0 Å². The van der Waals surface area contributed by atoms with E-state index < -0.39 is 0 Å². The lowest BCUT2D eigenvalue weighted by molar-refractivity contribution is 1.18. The average molecular weight is 489 g/mol. The van der Waals surface area contributed by atoms with Gasteiger partial charge in [-0.05, 0) is 59.3 Å². The number of nitrogens with one attached hydrogen (secondary N) is 1. The van der Waals surface area contributed by atoms with Gasteiger partial charge in [0.15, 0.2) is 0 Å². The van der Waals surface area contributed by atoms with Gasteiger partial charge in [0, 0.05) is 58.4 Å². The lowest BCUT2D eigenvalue weighted by Crippen LogP contribution is -1.92. The number of hydrogen-bond acceptors (Lipinski definition) is 1. The van der Waals surface area contributed by atoms with Gasteiger partial charge in [0.25, 0.3) is 0 Å². The second-order valence-electron chi connectivity index (χ2n) is 9.89. The van der Waals surface area contributed by atoms with Crippen LogP contribution >= 0.6 is 11.3 Å². The molecule has 0 atom stereocenters. The normalized spacial score (nSPS) is 12.3. The number of aromatic amines is 1. The second kappa shape index (κ2) is 7.00. The Morgan fingerprint density at radius 3 is 2.14 bits per heavy atom. The van der Waals surface area contributed by atoms with E-state index >= 15 is 0 Å². The Labute approximate surface area is 216 Å². The molecule has 3 heteroatoms. The zero-order valence-electron chi connectivity index (χ0n) is 19.8. The zero-order chi connectivity index (χ0) is 24.1. The number of H-pyrrole nitrogens is 1. The van der Waals surface area contributed by atoms with E-state index in [4.69, 9.17) is 0 Å². The number of thiophene rings is 1. The van der Waals surface area contributed by atoms with Crippen LogP contribution in [0.4, 0.5) is 0 Å². The molecule has 0 saturated heterocycles. The number of para-hydroxylation sites is 2. The molecule has 2 nitrogen and oxygen atoms in total. The minimum Gasteiger partial charge on any atom is -0.354 e. The van der Waals surface area contributed by atoms with Crippen LogP contribution in [0.15, 0.2) is 115 Å². The quantitative estimate of drug-likeness (QED) is 0.237. The second-order valence-corrected chi connectivity index (χ2v) is 10.9. The molecule has 9 aromatic rings. The summed E-state index contributed by atoms with van der Waals surface area (Å²) in [5.74, 6) is 0. The SMILES string of the molecule is c1ccc(-n2c3cc4ccccc4cc3c3cc4c(cc32)sc2c4ccc3[nH]c4ccccc4c32)cc1. The maximum absolute atomic E-state index is 3.62. The van der Waals surface area contributed by atoms with E-state index in [-0.39, 0.29) is 0 Å². The number of aromatic nitrogens is 2. The van der Waals surface area contributed by atoms with Gasteiger partial charge in [-0.3, -0.25) is 0 Å². The van der Waals surface area contributed by atoms with E-state index in [2.05, 4.69) is 125 Å². The molecule has 0 fully saturated rings. The summed E-state index contributed by atoms with van der Waals surface area (Å²) in [6, 6.07) is 42.2. The highest BCUT2D eigenvalue weighted by Gasteiger charge is 2.18. The van der Waals surface area contributed by atoms with Crippen molar-refractivity contribution in [2.75, 3.05) is 0 Å². The highest BCUT2D eigenvalue weighted by molar-refractivity contribution is 7.26. The van der Waals surface area contributed by atoms with Crippen molar-refractivity contribution in [2.24, 2.45) is 0 Å². The van der Waals surface area contributed by atoms with E-state index in [0.717, 1.165) is 0 Å². The molecule has 0 spiro atoms. The van der Waals surface area contributed by atoms with Crippen LogP contribution < -0.4 is 0 Å². The molecule has 0 unspecified atom stereocenters. The van der Waals surface area contributed by atoms with E-state index in [1.165, 1.54) is 80.2 Å². The van der Waals surface area contributed by atoms with Crippen LogP contribution in [0.5, 0.6) is 0 Å². The molecule has 0 aliphatic carbocycles. The van der Waals surface area contributed by atoms with E-state index in [9.17, 15) is 0 Å². The summed E-state index contributed by atoms with van der Waals surface area (Å²) in [6.45, 7) is 0. The standard InChI is InChI=1S/C34H20N2S/c1-2-10-22(11-3-1)36-30-17-21-9-5-4-8-20(21)16-25(30)26-18-27-23-14-15-29-33(24-12-6-7-13-28(24)35-29)34(23)37-32(27)19-31(26)36/h1-19,35H. The molecule has 0 aliphatic rings. The van der Waals surface area contributed by atoms with Crippen LogP contribution in [0, 0.1) is 0 Å². The summed E-state index contributed by atoms with van der Waals surface area (Å²) >= 11 is 1.91. The number of hydrogen-bond donors (Lipinski definition) is 1. The summed E-state index contributed by atoms with van der Waals surface area (Å²) in [6.07, 6.45) is 0. The fraction of sp³-hybridized carbons (Fsp3) is 0. The van der Waals surface area contributed by atoms with Crippen molar-refractivity contribution in [2.45, 2.75) is 0 Å². The lowest BCUT2D eigenvalue weighted by atomic mass is 10.0. The smallest absolute Gasteiger partial charge is 0.0555 e. The Morgan fingerprint density at radius 2 is 1.24 bits per heavy atom. The maximum Gasteiger partial charge on any atom is 0.0555 e. The first-order chi connectivity index (χ1) is 18.3. The van der Waals surface area contributed by atoms with Crippen LogP contribution in [-0.2, 0) is 0 Å². The molecule has 3 aromatic heterocycles. The Hall–Kier alpha value is -4.60. The molecule has 9 rings (SSSR count). The van der Waals surface area contributed by atoms with Crippen molar-refractivity contribution in [3.63, 3.8) is 0 Å². The molecule has 6 aromatic carbocycles. The summed E-state index contributed by atoms with van der Waals surface area (Å²) in [5, 5.41) is 10.4. The topological polar surface area (TPSA) is 20.7 Å².